The van der Waals surface area contributed by atoms with Crippen LogP contribution in [0.5, 0.6) is 5.75 Å². The number of ether oxygens (including phenoxy) is 2. The average Bonchev–Trinajstić information content (AvgIpc) is 2.30. The van der Waals surface area contributed by atoms with Crippen molar-refractivity contribution in [1.82, 2.24) is 0 Å². The van der Waals surface area contributed by atoms with Gasteiger partial charge in [-0.25, -0.2) is 0 Å². The number of alkyl halides is 1. The third kappa shape index (κ3) is 5.49. The number of hydrogen-bond donors (Lipinski definition) is 1. The number of hydrogen-bond acceptors (Lipinski definition) is 3. The highest BCUT2D eigenvalue weighted by Crippen LogP contribution is 2.14. The van der Waals surface area contributed by atoms with Crippen molar-refractivity contribution in [3.63, 3.8) is 0 Å². The molecule has 0 amide bonds. The summed E-state index contributed by atoms with van der Waals surface area (Å²) in [6, 6.07) is 7.82. The second kappa shape index (κ2) is 8.56. The van der Waals surface area contributed by atoms with E-state index < -0.39 is 0 Å². The minimum absolute atomic E-state index is 0.0570. The zero-order valence-electron chi connectivity index (χ0n) is 9.19. The molecule has 0 aliphatic rings. The lowest BCUT2D eigenvalue weighted by Crippen LogP contribution is -2.01. The Balaban J connectivity index is 2.37. The van der Waals surface area contributed by atoms with Gasteiger partial charge in [0, 0.05) is 5.33 Å². The van der Waals surface area contributed by atoms with Gasteiger partial charge in [0.15, 0.2) is 0 Å². The lowest BCUT2D eigenvalue weighted by molar-refractivity contribution is 0.0814. The summed E-state index contributed by atoms with van der Waals surface area (Å²) in [5.41, 5.74) is 1.06. The number of halogens is 1. The van der Waals surface area contributed by atoms with Crippen LogP contribution in [0, 0.1) is 0 Å². The second-order valence-electron chi connectivity index (χ2n) is 3.31. The minimum atomic E-state index is 0.0570. The van der Waals surface area contributed by atoms with Crippen molar-refractivity contribution in [2.24, 2.45) is 0 Å². The molecule has 0 bridgehead atoms. The van der Waals surface area contributed by atoms with Gasteiger partial charge in [0.1, 0.15) is 5.75 Å². The lowest BCUT2D eigenvalue weighted by Gasteiger charge is -2.07. The van der Waals surface area contributed by atoms with Gasteiger partial charge in [0.2, 0.25) is 0 Å². The maximum absolute atomic E-state index is 8.59. The van der Waals surface area contributed by atoms with Crippen LogP contribution in [0.25, 0.3) is 0 Å². The van der Waals surface area contributed by atoms with Crippen LogP contribution in [0.4, 0.5) is 0 Å². The van der Waals surface area contributed by atoms with Gasteiger partial charge in [-0.05, 0) is 24.1 Å². The van der Waals surface area contributed by atoms with Crippen molar-refractivity contribution >= 4 is 15.9 Å². The van der Waals surface area contributed by atoms with Crippen molar-refractivity contribution < 1.29 is 14.6 Å². The molecule has 0 heterocycles. The summed E-state index contributed by atoms with van der Waals surface area (Å²) < 4.78 is 10.8. The highest BCUT2D eigenvalue weighted by atomic mass is 79.9. The van der Waals surface area contributed by atoms with Crippen LogP contribution in [-0.2, 0) is 11.3 Å². The summed E-state index contributed by atoms with van der Waals surface area (Å²) in [5, 5.41) is 9.54. The molecular weight excluding hydrogens is 272 g/mol. The first-order valence-corrected chi connectivity index (χ1v) is 6.45. The number of rotatable bonds is 8. The molecule has 0 spiro atoms. The normalized spacial score (nSPS) is 10.4. The SMILES string of the molecule is OCCOCc1cccc(OCCCBr)c1. The van der Waals surface area contributed by atoms with E-state index in [1.54, 1.807) is 0 Å². The predicted molar refractivity (Wildman–Crippen MR) is 67.1 cm³/mol. The largest absolute Gasteiger partial charge is 0.494 e. The molecule has 1 aromatic rings. The van der Waals surface area contributed by atoms with Crippen LogP contribution in [0.1, 0.15) is 12.0 Å². The molecule has 90 valence electrons. The van der Waals surface area contributed by atoms with Gasteiger partial charge in [-0.2, -0.15) is 0 Å². The molecule has 0 atom stereocenters. The van der Waals surface area contributed by atoms with Crippen LogP contribution in [0.15, 0.2) is 24.3 Å². The molecule has 0 aliphatic carbocycles. The fourth-order valence-electron chi connectivity index (χ4n) is 1.22. The highest BCUT2D eigenvalue weighted by Gasteiger charge is 1.97. The van der Waals surface area contributed by atoms with Gasteiger partial charge in [-0.3, -0.25) is 0 Å². The van der Waals surface area contributed by atoms with Gasteiger partial charge in [0.25, 0.3) is 0 Å². The van der Waals surface area contributed by atoms with Gasteiger partial charge < -0.3 is 14.6 Å². The summed E-state index contributed by atoms with van der Waals surface area (Å²) in [5.74, 6) is 0.867. The van der Waals surface area contributed by atoms with Crippen molar-refractivity contribution in [3.05, 3.63) is 29.8 Å². The van der Waals surface area contributed by atoms with E-state index in [1.807, 2.05) is 24.3 Å². The van der Waals surface area contributed by atoms with Gasteiger partial charge >= 0.3 is 0 Å². The third-order valence-electron chi connectivity index (χ3n) is 1.95. The first-order valence-electron chi connectivity index (χ1n) is 5.33. The Bertz CT molecular complexity index is 266. The smallest absolute Gasteiger partial charge is 0.119 e. The van der Waals surface area contributed by atoms with Gasteiger partial charge in [-0.15, -0.1) is 0 Å². The molecule has 1 aromatic carbocycles. The molecule has 0 fully saturated rings. The van der Waals surface area contributed by atoms with Crippen LogP contribution < -0.4 is 4.74 Å². The van der Waals surface area contributed by atoms with Crippen molar-refractivity contribution in [2.45, 2.75) is 13.0 Å². The summed E-state index contributed by atoms with van der Waals surface area (Å²) >= 11 is 3.36. The molecule has 0 saturated carbocycles. The average molecular weight is 289 g/mol. The zero-order valence-corrected chi connectivity index (χ0v) is 10.8. The first kappa shape index (κ1) is 13.5. The molecule has 16 heavy (non-hydrogen) atoms. The van der Waals surface area contributed by atoms with Crippen molar-refractivity contribution in [1.29, 1.82) is 0 Å². The lowest BCUT2D eigenvalue weighted by atomic mass is 10.2. The standard InChI is InChI=1S/C12H17BrO3/c13-5-2-7-16-12-4-1-3-11(9-12)10-15-8-6-14/h1,3-4,9,14H,2,5-8,10H2. The maximum atomic E-state index is 8.59. The van der Waals surface area contributed by atoms with E-state index in [0.29, 0.717) is 19.8 Å². The molecule has 0 aromatic heterocycles. The second-order valence-corrected chi connectivity index (χ2v) is 4.11. The predicted octanol–water partition coefficient (Wildman–Crippen LogP) is 2.36. The molecule has 0 aliphatic heterocycles. The highest BCUT2D eigenvalue weighted by molar-refractivity contribution is 9.09. The minimum Gasteiger partial charge on any atom is -0.494 e. The van der Waals surface area contributed by atoms with E-state index in [4.69, 9.17) is 14.6 Å². The Labute approximate surface area is 105 Å². The summed E-state index contributed by atoms with van der Waals surface area (Å²) in [6.45, 7) is 1.65. The van der Waals surface area contributed by atoms with Crippen LogP contribution >= 0.6 is 15.9 Å². The topological polar surface area (TPSA) is 38.7 Å². The van der Waals surface area contributed by atoms with Gasteiger partial charge in [-0.1, -0.05) is 28.1 Å². The third-order valence-corrected chi connectivity index (χ3v) is 2.51. The Kier molecular flexibility index (Phi) is 7.21. The fraction of sp³-hybridized carbons (Fsp3) is 0.500. The Hall–Kier alpha value is -0.580. The Morgan fingerprint density at radius 3 is 2.88 bits per heavy atom. The Morgan fingerprint density at radius 1 is 1.25 bits per heavy atom. The molecule has 0 radical (unpaired) electrons. The number of aliphatic hydroxyl groups excluding tert-OH is 1. The van der Waals surface area contributed by atoms with Crippen LogP contribution in [0.2, 0.25) is 0 Å². The van der Waals surface area contributed by atoms with E-state index in [1.165, 1.54) is 0 Å². The molecule has 0 saturated heterocycles. The van der Waals surface area contributed by atoms with E-state index in [9.17, 15) is 0 Å². The molecular formula is C12H17BrO3. The molecule has 1 rings (SSSR count). The van der Waals surface area contributed by atoms with Crippen LogP contribution in [-0.4, -0.2) is 30.3 Å². The Morgan fingerprint density at radius 2 is 2.12 bits per heavy atom. The molecule has 3 nitrogen and oxygen atoms in total. The number of aliphatic hydroxyl groups is 1. The van der Waals surface area contributed by atoms with Crippen molar-refractivity contribution in [3.8, 4) is 5.75 Å². The summed E-state index contributed by atoms with van der Waals surface area (Å²) in [6.07, 6.45) is 0.991. The zero-order chi connectivity index (χ0) is 11.6. The molecule has 4 heteroatoms. The van der Waals surface area contributed by atoms with E-state index >= 15 is 0 Å². The molecule has 0 unspecified atom stereocenters. The number of benzene rings is 1. The van der Waals surface area contributed by atoms with Crippen LogP contribution in [0.3, 0.4) is 0 Å². The van der Waals surface area contributed by atoms with E-state index in [2.05, 4.69) is 15.9 Å². The van der Waals surface area contributed by atoms with Gasteiger partial charge in [0.05, 0.1) is 26.4 Å². The summed E-state index contributed by atoms with van der Waals surface area (Å²) in [7, 11) is 0. The quantitative estimate of drug-likeness (QED) is 0.590. The van der Waals surface area contributed by atoms with E-state index in [-0.39, 0.29) is 6.61 Å². The fourth-order valence-corrected chi connectivity index (χ4v) is 1.45. The summed E-state index contributed by atoms with van der Waals surface area (Å²) in [4.78, 5) is 0. The van der Waals surface area contributed by atoms with E-state index in [0.717, 1.165) is 23.1 Å². The maximum Gasteiger partial charge on any atom is 0.119 e. The monoisotopic (exact) mass is 288 g/mol. The molecule has 1 N–H and O–H groups in total. The first-order chi connectivity index (χ1) is 7.86. The van der Waals surface area contributed by atoms with Crippen molar-refractivity contribution in [2.75, 3.05) is 25.2 Å².